The van der Waals surface area contributed by atoms with Crippen molar-refractivity contribution in [2.45, 2.75) is 12.6 Å². The summed E-state index contributed by atoms with van der Waals surface area (Å²) < 4.78 is 21.7. The molecule has 0 saturated carbocycles. The van der Waals surface area contributed by atoms with Crippen molar-refractivity contribution in [2.75, 3.05) is 21.0 Å². The molecule has 34 heavy (non-hydrogen) atoms. The predicted molar refractivity (Wildman–Crippen MR) is 124 cm³/mol. The van der Waals surface area contributed by atoms with Crippen molar-refractivity contribution >= 4 is 28.8 Å². The van der Waals surface area contributed by atoms with E-state index in [1.807, 2.05) is 17.5 Å². The normalized spacial score (nSPS) is 18.4. The molecule has 9 heteroatoms. The number of carbonyl (C=O) groups is 2. The minimum Gasteiger partial charge on any atom is -0.507 e. The molecular weight excluding hydrogens is 458 g/mol. The Morgan fingerprint density at radius 2 is 1.91 bits per heavy atom. The number of rotatable bonds is 6. The third-order valence-electron chi connectivity index (χ3n) is 5.81. The topological polar surface area (TPSA) is 94.5 Å². The number of carbonyl (C=O) groups excluding carboxylic acids is 2. The van der Waals surface area contributed by atoms with Crippen LogP contribution in [0.4, 0.5) is 0 Å². The van der Waals surface area contributed by atoms with Gasteiger partial charge in [0.1, 0.15) is 11.5 Å². The Hall–Kier alpha value is -3.98. The van der Waals surface area contributed by atoms with Crippen LogP contribution in [0.1, 0.15) is 22.0 Å². The molecule has 0 aliphatic carbocycles. The second kappa shape index (κ2) is 8.75. The van der Waals surface area contributed by atoms with Gasteiger partial charge in [0, 0.05) is 10.4 Å². The van der Waals surface area contributed by atoms with Crippen LogP contribution in [0.2, 0.25) is 0 Å². The number of benzene rings is 2. The maximum atomic E-state index is 13.2. The third-order valence-corrected chi connectivity index (χ3v) is 6.67. The van der Waals surface area contributed by atoms with E-state index in [1.54, 1.807) is 36.4 Å². The molecule has 1 atom stereocenters. The van der Waals surface area contributed by atoms with Crippen LogP contribution in [0, 0.1) is 0 Å². The lowest BCUT2D eigenvalue weighted by Gasteiger charge is -2.25. The standard InChI is InChI=1S/C25H21NO7S/c1-30-16-7-5-14(6-8-16)22(27)20-21(15-10-18(31-2)24-19(11-15)32-13-33-24)26(25(29)23(20)28)12-17-4-3-9-34-17/h3-11,21,27H,12-13H2,1-2H3/b22-20+. The summed E-state index contributed by atoms with van der Waals surface area (Å²) >= 11 is 1.48. The average molecular weight is 480 g/mol. The van der Waals surface area contributed by atoms with Gasteiger partial charge in [0.05, 0.1) is 32.4 Å². The van der Waals surface area contributed by atoms with E-state index in [0.717, 1.165) is 4.88 Å². The van der Waals surface area contributed by atoms with Crippen LogP contribution in [-0.2, 0) is 16.1 Å². The van der Waals surface area contributed by atoms with Crippen molar-refractivity contribution in [3.63, 3.8) is 0 Å². The Morgan fingerprint density at radius 3 is 2.59 bits per heavy atom. The summed E-state index contributed by atoms with van der Waals surface area (Å²) in [6.07, 6.45) is 0. The number of Topliss-reactive ketones (excluding diaryl/α,β-unsaturated/α-hetero) is 1. The average Bonchev–Trinajstić information content (AvgIpc) is 3.60. The van der Waals surface area contributed by atoms with Crippen LogP contribution in [0.25, 0.3) is 5.76 Å². The lowest BCUT2D eigenvalue weighted by Crippen LogP contribution is -2.28. The summed E-state index contributed by atoms with van der Waals surface area (Å²) in [5.74, 6) is 0.202. The zero-order valence-electron chi connectivity index (χ0n) is 18.4. The first-order chi connectivity index (χ1) is 16.5. The molecule has 2 aromatic carbocycles. The lowest BCUT2D eigenvalue weighted by molar-refractivity contribution is -0.140. The number of aliphatic hydroxyl groups is 1. The molecule has 174 valence electrons. The molecule has 1 aromatic heterocycles. The first kappa shape index (κ1) is 21.8. The third kappa shape index (κ3) is 3.63. The second-order valence-corrected chi connectivity index (χ2v) is 8.72. The van der Waals surface area contributed by atoms with Gasteiger partial charge in [-0.15, -0.1) is 11.3 Å². The Balaban J connectivity index is 1.68. The highest BCUT2D eigenvalue weighted by Gasteiger charge is 2.47. The van der Waals surface area contributed by atoms with Gasteiger partial charge < -0.3 is 29.0 Å². The molecule has 3 aromatic rings. The van der Waals surface area contributed by atoms with E-state index in [2.05, 4.69) is 0 Å². The number of ketones is 1. The monoisotopic (exact) mass is 479 g/mol. The molecule has 1 amide bonds. The van der Waals surface area contributed by atoms with Gasteiger partial charge in [-0.25, -0.2) is 0 Å². The van der Waals surface area contributed by atoms with Gasteiger partial charge in [-0.3, -0.25) is 9.59 Å². The molecule has 8 nitrogen and oxygen atoms in total. The van der Waals surface area contributed by atoms with Gasteiger partial charge in [0.25, 0.3) is 11.7 Å². The Bertz CT molecular complexity index is 1280. The van der Waals surface area contributed by atoms with Crippen LogP contribution < -0.4 is 18.9 Å². The number of methoxy groups -OCH3 is 2. The van der Waals surface area contributed by atoms with Gasteiger partial charge in [-0.2, -0.15) is 0 Å². The summed E-state index contributed by atoms with van der Waals surface area (Å²) in [6, 6.07) is 13.0. The molecule has 2 aliphatic heterocycles. The number of likely N-dealkylation sites (tertiary alicyclic amines) is 1. The van der Waals surface area contributed by atoms with Crippen molar-refractivity contribution in [3.8, 4) is 23.0 Å². The van der Waals surface area contributed by atoms with E-state index in [-0.39, 0.29) is 24.7 Å². The van der Waals surface area contributed by atoms with Crippen LogP contribution in [0.5, 0.6) is 23.0 Å². The van der Waals surface area contributed by atoms with Crippen molar-refractivity contribution < 1.29 is 33.6 Å². The summed E-state index contributed by atoms with van der Waals surface area (Å²) in [6.45, 7) is 0.249. The molecule has 0 radical (unpaired) electrons. The number of aliphatic hydroxyl groups excluding tert-OH is 1. The molecule has 1 fully saturated rings. The minimum absolute atomic E-state index is 0.00681. The molecule has 0 spiro atoms. The summed E-state index contributed by atoms with van der Waals surface area (Å²) in [5.41, 5.74) is 0.951. The van der Waals surface area contributed by atoms with Crippen LogP contribution in [0.15, 0.2) is 59.5 Å². The lowest BCUT2D eigenvalue weighted by atomic mass is 9.94. The number of thiophene rings is 1. The van der Waals surface area contributed by atoms with Gasteiger partial charge in [-0.1, -0.05) is 6.07 Å². The number of fused-ring (bicyclic) bond motifs is 1. The first-order valence-electron chi connectivity index (χ1n) is 10.4. The Morgan fingerprint density at radius 1 is 1.12 bits per heavy atom. The van der Waals surface area contributed by atoms with E-state index in [9.17, 15) is 14.7 Å². The molecule has 2 aliphatic rings. The Labute approximate surface area is 199 Å². The molecule has 1 saturated heterocycles. The van der Waals surface area contributed by atoms with E-state index >= 15 is 0 Å². The van der Waals surface area contributed by atoms with Crippen LogP contribution in [0.3, 0.4) is 0 Å². The first-order valence-corrected chi connectivity index (χ1v) is 11.3. The predicted octanol–water partition coefficient (Wildman–Crippen LogP) is 4.12. The number of amides is 1. The van der Waals surface area contributed by atoms with Crippen molar-refractivity contribution in [1.82, 2.24) is 4.90 Å². The number of nitrogens with zero attached hydrogens (tertiary/aromatic N) is 1. The summed E-state index contributed by atoms with van der Waals surface area (Å²) in [5, 5.41) is 13.1. The molecule has 1 N–H and O–H groups in total. The fraction of sp³-hybridized carbons (Fsp3) is 0.200. The maximum absolute atomic E-state index is 13.2. The van der Waals surface area contributed by atoms with Gasteiger partial charge in [-0.05, 0) is 53.4 Å². The zero-order chi connectivity index (χ0) is 23.8. The summed E-state index contributed by atoms with van der Waals surface area (Å²) in [7, 11) is 3.04. The molecule has 3 heterocycles. The smallest absolute Gasteiger partial charge is 0.295 e. The van der Waals surface area contributed by atoms with Crippen molar-refractivity contribution in [1.29, 1.82) is 0 Å². The molecular formula is C25H21NO7S. The molecule has 0 bridgehead atoms. The van der Waals surface area contributed by atoms with E-state index in [1.165, 1.54) is 30.5 Å². The van der Waals surface area contributed by atoms with Gasteiger partial charge >= 0.3 is 0 Å². The summed E-state index contributed by atoms with van der Waals surface area (Å²) in [4.78, 5) is 28.8. The van der Waals surface area contributed by atoms with E-state index in [0.29, 0.717) is 34.1 Å². The highest BCUT2D eigenvalue weighted by Crippen LogP contribution is 2.47. The van der Waals surface area contributed by atoms with E-state index in [4.69, 9.17) is 18.9 Å². The minimum atomic E-state index is -0.854. The molecule has 1 unspecified atom stereocenters. The van der Waals surface area contributed by atoms with Crippen molar-refractivity contribution in [3.05, 3.63) is 75.5 Å². The quantitative estimate of drug-likeness (QED) is 0.323. The van der Waals surface area contributed by atoms with Gasteiger partial charge in [0.2, 0.25) is 12.5 Å². The fourth-order valence-corrected chi connectivity index (χ4v) is 4.87. The second-order valence-electron chi connectivity index (χ2n) is 7.69. The Kier molecular flexibility index (Phi) is 5.62. The van der Waals surface area contributed by atoms with Crippen LogP contribution >= 0.6 is 11.3 Å². The SMILES string of the molecule is COc1ccc(/C(O)=C2\C(=O)C(=O)N(Cc3cccs3)C2c2cc(OC)c3c(c2)OCO3)cc1. The number of hydrogen-bond acceptors (Lipinski definition) is 8. The van der Waals surface area contributed by atoms with E-state index < -0.39 is 17.7 Å². The fourth-order valence-electron chi connectivity index (χ4n) is 4.17. The number of ether oxygens (including phenoxy) is 4. The van der Waals surface area contributed by atoms with Gasteiger partial charge in [0.15, 0.2) is 11.5 Å². The molecule has 5 rings (SSSR count). The van der Waals surface area contributed by atoms with Crippen LogP contribution in [-0.4, -0.2) is 42.7 Å². The largest absolute Gasteiger partial charge is 0.507 e. The highest BCUT2D eigenvalue weighted by atomic mass is 32.1. The maximum Gasteiger partial charge on any atom is 0.295 e. The zero-order valence-corrected chi connectivity index (χ0v) is 19.3. The van der Waals surface area contributed by atoms with Crippen molar-refractivity contribution in [2.24, 2.45) is 0 Å². The number of hydrogen-bond donors (Lipinski definition) is 1. The highest BCUT2D eigenvalue weighted by molar-refractivity contribution is 7.09.